The van der Waals surface area contributed by atoms with Crippen LogP contribution in [0.1, 0.15) is 146 Å². The van der Waals surface area contributed by atoms with E-state index in [1.165, 1.54) is 27.8 Å². The number of hydrogen-bond acceptors (Lipinski definition) is 12. The molecule has 0 spiro atoms. The van der Waals surface area contributed by atoms with E-state index in [4.69, 9.17) is 38.7 Å². The van der Waals surface area contributed by atoms with Crippen molar-refractivity contribution in [1.82, 2.24) is 34.5 Å². The van der Waals surface area contributed by atoms with Crippen LogP contribution in [-0.4, -0.2) is 133 Å². The Kier molecular flexibility index (Phi) is 17.5. The van der Waals surface area contributed by atoms with Crippen molar-refractivity contribution in [2.45, 2.75) is 186 Å². The number of pyridine rings is 1. The van der Waals surface area contributed by atoms with E-state index in [9.17, 15) is 4.79 Å². The zero-order valence-electron chi connectivity index (χ0n) is 56.3. The van der Waals surface area contributed by atoms with E-state index in [0.29, 0.717) is 88.9 Å². The molecule has 8 heterocycles. The number of piperazine rings is 1. The predicted octanol–water partition coefficient (Wildman–Crippen LogP) is 16.1. The number of ether oxygens (including phenoxy) is 3. The molecule has 0 N–H and O–H groups in total. The number of rotatable bonds is 16. The summed E-state index contributed by atoms with van der Waals surface area (Å²) in [5, 5.41) is 11.2. The second kappa shape index (κ2) is 25.0. The quantitative estimate of drug-likeness (QED) is 0.0679. The number of likely N-dealkylation sites (tertiary alicyclic amines) is 1. The number of alkyl halides is 2. The van der Waals surface area contributed by atoms with Gasteiger partial charge in [-0.1, -0.05) is 135 Å². The highest BCUT2D eigenvalue weighted by Gasteiger charge is 2.72. The molecule has 4 aromatic heterocycles. The molecule has 5 fully saturated rings. The molecular formula is C74H91F3N8O5SSi2. The van der Waals surface area contributed by atoms with E-state index in [1.807, 2.05) is 48.7 Å². The van der Waals surface area contributed by atoms with Crippen LogP contribution in [0.3, 0.4) is 0 Å². The number of piperidine rings is 1. The van der Waals surface area contributed by atoms with Gasteiger partial charge in [-0.2, -0.15) is 15.1 Å². The molecule has 1 amide bonds. The van der Waals surface area contributed by atoms with E-state index >= 15 is 13.2 Å². The Bertz CT molecular complexity index is 4070. The van der Waals surface area contributed by atoms with Crippen LogP contribution in [-0.2, 0) is 13.9 Å². The number of nitrogens with zero attached hydrogens (tertiary/aromatic N) is 8. The number of carbonyl (C=O) groups excluding carboxylic acids is 1. The monoisotopic (exact) mass is 1320 g/mol. The molecule has 93 heavy (non-hydrogen) atoms. The van der Waals surface area contributed by atoms with Crippen molar-refractivity contribution in [3.63, 3.8) is 0 Å². The number of thiophene rings is 1. The van der Waals surface area contributed by atoms with Crippen molar-refractivity contribution < 1.29 is 36.6 Å². The van der Waals surface area contributed by atoms with Gasteiger partial charge in [0.15, 0.2) is 6.23 Å². The van der Waals surface area contributed by atoms with E-state index in [-0.39, 0.29) is 60.9 Å². The third kappa shape index (κ3) is 11.9. The fraction of sp³-hybridized carbons (Fsp3) is 0.527. The molecule has 4 saturated heterocycles. The third-order valence-corrected chi connectivity index (χ3v) is 33.6. The minimum Gasteiger partial charge on any atom is -0.462 e. The van der Waals surface area contributed by atoms with Crippen LogP contribution in [0.4, 0.5) is 23.8 Å². The third-order valence-electron chi connectivity index (χ3n) is 21.2. The van der Waals surface area contributed by atoms with Gasteiger partial charge in [0, 0.05) is 67.2 Å². The molecule has 13 rings (SSSR count). The van der Waals surface area contributed by atoms with Gasteiger partial charge in [0.1, 0.15) is 36.7 Å². The van der Waals surface area contributed by atoms with Gasteiger partial charge >= 0.3 is 12.1 Å². The maximum atomic E-state index is 17.2. The van der Waals surface area contributed by atoms with E-state index in [0.717, 1.165) is 76.7 Å². The summed E-state index contributed by atoms with van der Waals surface area (Å²) in [5.74, 6) is 1.07. The Hall–Kier alpha value is -6.41. The SMILES string of the molecule is CC(C)[Si](C#Cc1c(F)ccc2cc3c(cnn3C3CCCCO3)c(-c3nccc4c3sc3nc(OC[C@]5(CN6CCC(CO[Si](c7ccccc7)(c7ccccc7)C(C)(C)C)CC6)CC5(F)F)nc(N5CC6CCC(C5)N6C(=O)OC(C)(C)C)c34)c12)(C(C)C)C(C)C. The van der Waals surface area contributed by atoms with Crippen molar-refractivity contribution in [2.75, 3.05) is 57.4 Å². The van der Waals surface area contributed by atoms with Crippen LogP contribution < -0.4 is 20.0 Å². The zero-order chi connectivity index (χ0) is 65.6. The highest BCUT2D eigenvalue weighted by Crippen LogP contribution is 2.61. The lowest BCUT2D eigenvalue weighted by molar-refractivity contribution is -0.0366. The van der Waals surface area contributed by atoms with Gasteiger partial charge < -0.3 is 28.4 Å². The average molecular weight is 1320 g/mol. The average Bonchev–Trinajstić information content (AvgIpc) is 1.65. The van der Waals surface area contributed by atoms with E-state index in [2.05, 4.69) is 150 Å². The zero-order valence-corrected chi connectivity index (χ0v) is 59.1. The number of anilines is 1. The fourth-order valence-corrected chi connectivity index (χ4v) is 27.5. The van der Waals surface area contributed by atoms with Gasteiger partial charge in [-0.15, -0.1) is 16.9 Å². The Morgan fingerprint density at radius 2 is 1.47 bits per heavy atom. The summed E-state index contributed by atoms with van der Waals surface area (Å²) in [6.45, 7) is 29.5. The van der Waals surface area contributed by atoms with Crippen LogP contribution in [0.5, 0.6) is 6.01 Å². The number of hydrogen-bond donors (Lipinski definition) is 0. The first-order chi connectivity index (χ1) is 44.3. The summed E-state index contributed by atoms with van der Waals surface area (Å²) >= 11 is 1.43. The summed E-state index contributed by atoms with van der Waals surface area (Å²) in [4.78, 5) is 36.5. The molecular weight excluding hydrogens is 1230 g/mol. The molecule has 8 aromatic rings. The Balaban J connectivity index is 0.870. The molecule has 4 aromatic carbocycles. The molecule has 13 nitrogen and oxygen atoms in total. The van der Waals surface area contributed by atoms with Crippen LogP contribution >= 0.6 is 11.3 Å². The largest absolute Gasteiger partial charge is 0.462 e. The molecule has 19 heteroatoms. The van der Waals surface area contributed by atoms with E-state index in [1.54, 1.807) is 6.20 Å². The lowest BCUT2D eigenvalue weighted by atomic mass is 9.93. The molecule has 492 valence electrons. The second-order valence-electron chi connectivity index (χ2n) is 30.2. The smallest absolute Gasteiger partial charge is 0.410 e. The van der Waals surface area contributed by atoms with E-state index < -0.39 is 39.1 Å². The Morgan fingerprint density at radius 1 is 0.817 bits per heavy atom. The molecule has 4 atom stereocenters. The van der Waals surface area contributed by atoms with Crippen LogP contribution in [0.15, 0.2) is 97.3 Å². The van der Waals surface area contributed by atoms with Crippen molar-refractivity contribution in [1.29, 1.82) is 0 Å². The molecule has 0 radical (unpaired) electrons. The molecule has 3 unspecified atom stereocenters. The highest BCUT2D eigenvalue weighted by molar-refractivity contribution is 7.26. The maximum absolute atomic E-state index is 17.2. The molecule has 1 aliphatic carbocycles. The first-order valence-corrected chi connectivity index (χ1v) is 38.9. The minimum absolute atomic E-state index is 0.01000. The number of fused-ring (bicyclic) bond motifs is 7. The summed E-state index contributed by atoms with van der Waals surface area (Å²) in [6, 6.07) is 28.5. The highest BCUT2D eigenvalue weighted by atomic mass is 32.1. The molecule has 4 aliphatic heterocycles. The van der Waals surface area contributed by atoms with Crippen molar-refractivity contribution in [3.8, 4) is 28.7 Å². The summed E-state index contributed by atoms with van der Waals surface area (Å²) in [7, 11) is -5.12. The first-order valence-electron chi connectivity index (χ1n) is 33.9. The lowest BCUT2D eigenvalue weighted by Crippen LogP contribution is -2.67. The minimum atomic E-state index is -2.95. The molecule has 1 saturated carbocycles. The predicted molar refractivity (Wildman–Crippen MR) is 373 cm³/mol. The number of carbonyl (C=O) groups is 1. The lowest BCUT2D eigenvalue weighted by Gasteiger charge is -2.44. The van der Waals surface area contributed by atoms with Gasteiger partial charge in [0.25, 0.3) is 14.2 Å². The number of halogens is 3. The normalized spacial score (nSPS) is 21.6. The van der Waals surface area contributed by atoms with Crippen molar-refractivity contribution in [3.05, 3.63) is 109 Å². The van der Waals surface area contributed by atoms with Gasteiger partial charge in [-0.3, -0.25) is 9.88 Å². The standard InChI is InChI=1S/C74H91F3N8O5SSi2/c1-47(2)92(48(3)4,49(5)6)38-33-56-59(75)29-26-51-39-60-58(40-79-85(60)61-25-19-20-37-87-61)63(62(51)56)65-66-57(30-34-78-65)64-67(83-41-52-27-28-53(42-83)84(52)70(86)90-71(7,8)9)80-69(81-68(64)91-66)88-46-73(44-74(73,76)77)45-82-35-31-50(32-36-82)43-89-93(72(10,11)12,54-21-15-13-16-22-54)55-23-17-14-18-24-55/h13-18,21-24,26,29-30,34,39-40,47-50,52-53,61H,19-20,25,27-28,31-32,35-37,41-46H2,1-12H3/t52?,53?,61?,73-/m1/s1. The number of amides is 1. The molecule has 5 aliphatic rings. The van der Waals surface area contributed by atoms with Gasteiger partial charge in [-0.25, -0.2) is 22.6 Å². The van der Waals surface area contributed by atoms with Crippen LogP contribution in [0, 0.1) is 28.6 Å². The fourth-order valence-electron chi connectivity index (χ4n) is 16.5. The summed E-state index contributed by atoms with van der Waals surface area (Å²) < 4.78 is 78.8. The maximum Gasteiger partial charge on any atom is 0.410 e. The van der Waals surface area contributed by atoms with Gasteiger partial charge in [0.2, 0.25) is 0 Å². The van der Waals surface area contributed by atoms with Crippen LogP contribution in [0.2, 0.25) is 21.7 Å². The van der Waals surface area contributed by atoms with Gasteiger partial charge in [-0.05, 0) is 140 Å². The Labute approximate surface area is 552 Å². The first kappa shape index (κ1) is 65.3. The topological polar surface area (TPSA) is 120 Å². The summed E-state index contributed by atoms with van der Waals surface area (Å²) in [6.07, 6.45) is 8.76. The second-order valence-corrected chi connectivity index (χ2v) is 41.1. The summed E-state index contributed by atoms with van der Waals surface area (Å²) in [5.41, 5.74) is 5.19. The van der Waals surface area contributed by atoms with Gasteiger partial charge in [0.05, 0.1) is 50.6 Å². The van der Waals surface area contributed by atoms with Crippen molar-refractivity contribution in [2.24, 2.45) is 11.3 Å². The number of benzene rings is 4. The van der Waals surface area contributed by atoms with Crippen LogP contribution in [0.25, 0.3) is 53.2 Å². The number of aromatic nitrogens is 5. The molecule has 2 bridgehead atoms. The van der Waals surface area contributed by atoms with Crippen molar-refractivity contribution >= 4 is 92.0 Å². The Morgan fingerprint density at radius 3 is 2.06 bits per heavy atom.